The first kappa shape index (κ1) is 32.9. The maximum atomic E-state index is 14.9. The Morgan fingerprint density at radius 1 is 0.870 bits per heavy atom. The summed E-state index contributed by atoms with van der Waals surface area (Å²) in [6.45, 7) is 3.69. The third-order valence-corrected chi connectivity index (χ3v) is 10.1. The average Bonchev–Trinajstić information content (AvgIpc) is 3.65. The van der Waals surface area contributed by atoms with Crippen LogP contribution in [0.5, 0.6) is 28.7 Å². The van der Waals surface area contributed by atoms with Crippen LogP contribution < -0.4 is 29.0 Å². The van der Waals surface area contributed by atoms with E-state index in [0.717, 1.165) is 18.5 Å². The van der Waals surface area contributed by atoms with Crippen molar-refractivity contribution in [2.75, 3.05) is 55.2 Å². The number of methoxy groups -OCH3 is 5. The molecule has 246 valence electrons. The molecule has 2 heterocycles. The largest absolute Gasteiger partial charge is 0.493 e. The highest BCUT2D eigenvalue weighted by atomic mass is 16.5. The highest BCUT2D eigenvalue weighted by molar-refractivity contribution is 5.97. The Balaban J connectivity index is 1.82. The quantitative estimate of drug-likeness (QED) is 0.297. The number of benzene rings is 3. The van der Waals surface area contributed by atoms with Crippen LogP contribution in [-0.4, -0.2) is 82.6 Å². The SMILES string of the molecule is CCC1(C2CCNC2)C(c2ccc(OC)c(OC)c2)C(C(=O)O)(c2ccccc2)CCN1C(=O)c1cc(OC)c(OC)c(OC)c1. The second kappa shape index (κ2) is 13.5. The fraction of sp³-hybridized carbons (Fsp3) is 0.444. The van der Waals surface area contributed by atoms with E-state index in [1.165, 1.54) is 21.3 Å². The number of rotatable bonds is 11. The van der Waals surface area contributed by atoms with Gasteiger partial charge in [-0.3, -0.25) is 9.59 Å². The topological polar surface area (TPSA) is 116 Å². The Morgan fingerprint density at radius 3 is 2.04 bits per heavy atom. The minimum atomic E-state index is -1.36. The van der Waals surface area contributed by atoms with Crippen molar-refractivity contribution in [3.8, 4) is 28.7 Å². The molecule has 0 radical (unpaired) electrons. The van der Waals surface area contributed by atoms with Crippen molar-refractivity contribution in [3.63, 3.8) is 0 Å². The van der Waals surface area contributed by atoms with Crippen LogP contribution in [0.15, 0.2) is 60.7 Å². The van der Waals surface area contributed by atoms with E-state index < -0.39 is 22.8 Å². The van der Waals surface area contributed by atoms with Crippen LogP contribution in [0.1, 0.15) is 53.6 Å². The van der Waals surface area contributed by atoms with Gasteiger partial charge in [-0.2, -0.15) is 0 Å². The van der Waals surface area contributed by atoms with Gasteiger partial charge in [0, 0.05) is 24.6 Å². The van der Waals surface area contributed by atoms with Gasteiger partial charge < -0.3 is 39.0 Å². The molecule has 2 saturated heterocycles. The molecule has 4 unspecified atom stereocenters. The second-order valence-corrected chi connectivity index (χ2v) is 11.8. The third-order valence-electron chi connectivity index (χ3n) is 10.1. The Bertz CT molecular complexity index is 1530. The van der Waals surface area contributed by atoms with E-state index in [1.54, 1.807) is 26.4 Å². The van der Waals surface area contributed by atoms with E-state index in [2.05, 4.69) is 12.2 Å². The lowest BCUT2D eigenvalue weighted by molar-refractivity contribution is -0.152. The van der Waals surface area contributed by atoms with Crippen LogP contribution in [0.25, 0.3) is 0 Å². The van der Waals surface area contributed by atoms with Crippen molar-refractivity contribution >= 4 is 11.9 Å². The molecule has 2 aliphatic rings. The first-order valence-corrected chi connectivity index (χ1v) is 15.6. The molecule has 0 bridgehead atoms. The van der Waals surface area contributed by atoms with Gasteiger partial charge in [0.1, 0.15) is 5.41 Å². The minimum absolute atomic E-state index is 0.0516. The molecule has 0 aromatic heterocycles. The van der Waals surface area contributed by atoms with E-state index in [0.29, 0.717) is 52.8 Å². The van der Waals surface area contributed by atoms with Gasteiger partial charge in [0.25, 0.3) is 5.91 Å². The summed E-state index contributed by atoms with van der Waals surface area (Å²) in [7, 11) is 7.69. The van der Waals surface area contributed by atoms with E-state index in [1.807, 2.05) is 53.4 Å². The molecule has 2 aliphatic heterocycles. The number of carboxylic acid groups (broad SMARTS) is 1. The lowest BCUT2D eigenvalue weighted by Gasteiger charge is -2.61. The highest BCUT2D eigenvalue weighted by Crippen LogP contribution is 2.59. The smallest absolute Gasteiger partial charge is 0.314 e. The second-order valence-electron chi connectivity index (χ2n) is 11.8. The molecule has 10 nitrogen and oxygen atoms in total. The van der Waals surface area contributed by atoms with Gasteiger partial charge in [-0.05, 0) is 67.1 Å². The number of aliphatic carboxylic acids is 1. The Hall–Kier alpha value is -4.44. The fourth-order valence-electron chi connectivity index (χ4n) is 8.10. The number of carbonyl (C=O) groups excluding carboxylic acids is 1. The third kappa shape index (κ3) is 5.18. The van der Waals surface area contributed by atoms with E-state index in [9.17, 15) is 14.7 Å². The number of hydrogen-bond donors (Lipinski definition) is 2. The van der Waals surface area contributed by atoms with Crippen LogP contribution in [0.3, 0.4) is 0 Å². The van der Waals surface area contributed by atoms with Gasteiger partial charge in [0.15, 0.2) is 23.0 Å². The summed E-state index contributed by atoms with van der Waals surface area (Å²) in [5, 5.41) is 14.9. The fourth-order valence-corrected chi connectivity index (χ4v) is 8.10. The minimum Gasteiger partial charge on any atom is -0.493 e. The number of piperidine rings is 1. The van der Waals surface area contributed by atoms with Crippen LogP contribution >= 0.6 is 0 Å². The zero-order valence-electron chi connectivity index (χ0n) is 27.4. The zero-order valence-corrected chi connectivity index (χ0v) is 27.4. The molecular formula is C36H44N2O8. The number of amides is 1. The molecule has 4 atom stereocenters. The van der Waals surface area contributed by atoms with Crippen molar-refractivity contribution in [3.05, 3.63) is 77.4 Å². The van der Waals surface area contributed by atoms with Gasteiger partial charge in [0.2, 0.25) is 5.75 Å². The van der Waals surface area contributed by atoms with Gasteiger partial charge in [0.05, 0.1) is 41.1 Å². The summed E-state index contributed by atoms with van der Waals surface area (Å²) >= 11 is 0. The molecule has 2 N–H and O–H groups in total. The maximum Gasteiger partial charge on any atom is 0.314 e. The summed E-state index contributed by atoms with van der Waals surface area (Å²) < 4.78 is 28.1. The monoisotopic (exact) mass is 632 g/mol. The maximum absolute atomic E-state index is 14.9. The molecule has 10 heteroatoms. The molecule has 2 fully saturated rings. The van der Waals surface area contributed by atoms with Gasteiger partial charge in [-0.15, -0.1) is 0 Å². The van der Waals surface area contributed by atoms with Crippen molar-refractivity contribution in [2.24, 2.45) is 5.92 Å². The molecule has 0 spiro atoms. The summed E-state index contributed by atoms with van der Waals surface area (Å²) in [5.74, 6) is 0.290. The van der Waals surface area contributed by atoms with Gasteiger partial charge in [-0.25, -0.2) is 0 Å². The van der Waals surface area contributed by atoms with Crippen LogP contribution in [-0.2, 0) is 10.2 Å². The molecule has 3 aromatic rings. The van der Waals surface area contributed by atoms with Crippen LogP contribution in [0.2, 0.25) is 0 Å². The zero-order chi connectivity index (χ0) is 33.1. The Morgan fingerprint density at radius 2 is 1.52 bits per heavy atom. The summed E-state index contributed by atoms with van der Waals surface area (Å²) in [4.78, 5) is 30.8. The molecular weight excluding hydrogens is 588 g/mol. The van der Waals surface area contributed by atoms with E-state index >= 15 is 0 Å². The number of carboxylic acids is 1. The summed E-state index contributed by atoms with van der Waals surface area (Å²) in [6.07, 6.45) is 1.49. The standard InChI is InChI=1S/C36H44N2O8/c1-7-36(26-15-17-37-22-26)32(23-13-14-27(42-2)28(19-23)43-3)35(34(40)41,25-11-9-8-10-12-25)16-18-38(36)33(39)24-20-29(44-4)31(46-6)30(21-24)45-5/h8-14,19-21,26,32,37H,7,15-18,22H2,1-6H3,(H,40,41). The van der Waals surface area contributed by atoms with Crippen LogP contribution in [0, 0.1) is 5.92 Å². The number of nitrogens with one attached hydrogen (secondary N) is 1. The predicted molar refractivity (Wildman–Crippen MR) is 174 cm³/mol. The Labute approximate surface area is 270 Å². The summed E-state index contributed by atoms with van der Waals surface area (Å²) in [6, 6.07) is 18.4. The van der Waals surface area contributed by atoms with E-state index in [-0.39, 0.29) is 24.8 Å². The van der Waals surface area contributed by atoms with Crippen molar-refractivity contribution in [1.82, 2.24) is 10.2 Å². The lowest BCUT2D eigenvalue weighted by atomic mass is 9.52. The molecule has 0 saturated carbocycles. The number of carbonyl (C=O) groups is 2. The molecule has 3 aromatic carbocycles. The van der Waals surface area contributed by atoms with Gasteiger partial charge in [-0.1, -0.05) is 43.3 Å². The molecule has 0 aliphatic carbocycles. The average molecular weight is 633 g/mol. The normalized spacial score (nSPS) is 24.3. The van der Waals surface area contributed by atoms with E-state index in [4.69, 9.17) is 23.7 Å². The van der Waals surface area contributed by atoms with Crippen molar-refractivity contribution in [2.45, 2.75) is 43.1 Å². The first-order chi connectivity index (χ1) is 22.3. The molecule has 1 amide bonds. The van der Waals surface area contributed by atoms with Crippen LogP contribution in [0.4, 0.5) is 0 Å². The summed E-state index contributed by atoms with van der Waals surface area (Å²) in [5.41, 5.74) is -0.448. The molecule has 46 heavy (non-hydrogen) atoms. The number of ether oxygens (including phenoxy) is 5. The first-order valence-electron chi connectivity index (χ1n) is 15.6. The Kier molecular flexibility index (Phi) is 9.67. The highest BCUT2D eigenvalue weighted by Gasteiger charge is 2.65. The van der Waals surface area contributed by atoms with Crippen molar-refractivity contribution in [1.29, 1.82) is 0 Å². The number of nitrogens with zero attached hydrogens (tertiary/aromatic N) is 1. The lowest BCUT2D eigenvalue weighted by Crippen LogP contribution is -2.69. The molecule has 5 rings (SSSR count). The van der Waals surface area contributed by atoms with Gasteiger partial charge >= 0.3 is 5.97 Å². The van der Waals surface area contributed by atoms with Crippen molar-refractivity contribution < 1.29 is 38.4 Å². The number of likely N-dealkylation sites (tertiary alicyclic amines) is 1. The number of hydrogen-bond acceptors (Lipinski definition) is 8. The predicted octanol–water partition coefficient (Wildman–Crippen LogP) is 5.14.